The fourth-order valence-electron chi connectivity index (χ4n) is 1.54. The zero-order valence-corrected chi connectivity index (χ0v) is 7.34. The van der Waals surface area contributed by atoms with Gasteiger partial charge in [-0.1, -0.05) is 6.92 Å². The average Bonchev–Trinajstić information content (AvgIpc) is 2.75. The molecule has 0 saturated carbocycles. The molecule has 3 heteroatoms. The lowest BCUT2D eigenvalue weighted by atomic mass is 10.1. The van der Waals surface area contributed by atoms with Crippen LogP contribution in [0, 0.1) is 0 Å². The molecule has 1 aromatic rings. The van der Waals surface area contributed by atoms with E-state index >= 15 is 0 Å². The molecule has 1 saturated heterocycles. The number of aromatic nitrogens is 2. The number of nitrogens with one attached hydrogen (secondary N) is 1. The van der Waals surface area contributed by atoms with Crippen LogP contribution in [0.15, 0.2) is 6.07 Å². The Hall–Kier alpha value is -0.830. The van der Waals surface area contributed by atoms with Gasteiger partial charge in [0.25, 0.3) is 0 Å². The Labute approximate surface area is 72.1 Å². The lowest BCUT2D eigenvalue weighted by molar-refractivity contribution is 0.193. The van der Waals surface area contributed by atoms with Gasteiger partial charge in [0.1, 0.15) is 0 Å². The minimum absolute atomic E-state index is 0.529. The van der Waals surface area contributed by atoms with Gasteiger partial charge in [-0.15, -0.1) is 0 Å². The van der Waals surface area contributed by atoms with E-state index in [-0.39, 0.29) is 0 Å². The summed E-state index contributed by atoms with van der Waals surface area (Å²) in [4.78, 5) is 0. The van der Waals surface area contributed by atoms with Crippen LogP contribution in [0.1, 0.15) is 30.7 Å². The molecule has 3 nitrogen and oxygen atoms in total. The Bertz CT molecular complexity index is 251. The van der Waals surface area contributed by atoms with E-state index in [0.29, 0.717) is 5.92 Å². The fourth-order valence-corrected chi connectivity index (χ4v) is 1.54. The maximum Gasteiger partial charge on any atom is 0.0679 e. The molecule has 1 aromatic heterocycles. The van der Waals surface area contributed by atoms with Crippen LogP contribution in [0.25, 0.3) is 0 Å². The molecule has 0 radical (unpaired) electrons. The molecule has 0 aromatic carbocycles. The minimum atomic E-state index is 0.529. The molecule has 1 unspecified atom stereocenters. The predicted octanol–water partition coefficient (Wildman–Crippen LogP) is 1.48. The van der Waals surface area contributed by atoms with Gasteiger partial charge in [-0.3, -0.25) is 5.10 Å². The van der Waals surface area contributed by atoms with Gasteiger partial charge in [0.15, 0.2) is 0 Å². The molecule has 1 N–H and O–H groups in total. The molecule has 0 amide bonds. The summed E-state index contributed by atoms with van der Waals surface area (Å²) >= 11 is 0. The van der Waals surface area contributed by atoms with Crippen LogP contribution in [0.2, 0.25) is 0 Å². The Morgan fingerprint density at radius 1 is 1.75 bits per heavy atom. The molecule has 12 heavy (non-hydrogen) atoms. The second-order valence-electron chi connectivity index (χ2n) is 3.23. The van der Waals surface area contributed by atoms with E-state index in [9.17, 15) is 0 Å². The quantitative estimate of drug-likeness (QED) is 0.722. The topological polar surface area (TPSA) is 37.9 Å². The van der Waals surface area contributed by atoms with Gasteiger partial charge in [0.05, 0.1) is 12.3 Å². The monoisotopic (exact) mass is 166 g/mol. The second kappa shape index (κ2) is 3.27. The maximum absolute atomic E-state index is 5.30. The highest BCUT2D eigenvalue weighted by atomic mass is 16.5. The number of hydrogen-bond acceptors (Lipinski definition) is 2. The minimum Gasteiger partial charge on any atom is -0.381 e. The van der Waals surface area contributed by atoms with Crippen LogP contribution in [0.3, 0.4) is 0 Å². The molecular weight excluding hydrogens is 152 g/mol. The van der Waals surface area contributed by atoms with E-state index in [4.69, 9.17) is 4.74 Å². The fraction of sp³-hybridized carbons (Fsp3) is 0.667. The zero-order valence-electron chi connectivity index (χ0n) is 7.34. The lowest BCUT2D eigenvalue weighted by Crippen LogP contribution is -1.97. The molecule has 66 valence electrons. The highest BCUT2D eigenvalue weighted by Crippen LogP contribution is 2.23. The van der Waals surface area contributed by atoms with E-state index in [2.05, 4.69) is 23.2 Å². The molecule has 1 atom stereocenters. The number of rotatable bonds is 2. The summed E-state index contributed by atoms with van der Waals surface area (Å²) in [5.41, 5.74) is 2.39. The van der Waals surface area contributed by atoms with Gasteiger partial charge < -0.3 is 4.74 Å². The summed E-state index contributed by atoms with van der Waals surface area (Å²) < 4.78 is 5.30. The van der Waals surface area contributed by atoms with Crippen LogP contribution in [0.5, 0.6) is 0 Å². The summed E-state index contributed by atoms with van der Waals surface area (Å²) in [6.45, 7) is 3.86. The Kier molecular flexibility index (Phi) is 2.13. The Morgan fingerprint density at radius 2 is 2.67 bits per heavy atom. The molecule has 2 rings (SSSR count). The van der Waals surface area contributed by atoms with E-state index in [1.54, 1.807) is 0 Å². The van der Waals surface area contributed by atoms with Crippen molar-refractivity contribution < 1.29 is 4.74 Å². The molecule has 0 spiro atoms. The third kappa shape index (κ3) is 1.37. The van der Waals surface area contributed by atoms with Crippen molar-refractivity contribution in [2.45, 2.75) is 25.7 Å². The summed E-state index contributed by atoms with van der Waals surface area (Å²) in [6, 6.07) is 2.15. The predicted molar refractivity (Wildman–Crippen MR) is 46.1 cm³/mol. The van der Waals surface area contributed by atoms with Crippen molar-refractivity contribution in [3.8, 4) is 0 Å². The van der Waals surface area contributed by atoms with Gasteiger partial charge in [-0.25, -0.2) is 0 Å². The molecule has 1 aliphatic rings. The number of aromatic amines is 1. The SMILES string of the molecule is CCc1cc(C2CCOC2)n[nH]1. The molecule has 1 fully saturated rings. The van der Waals surface area contributed by atoms with E-state index in [1.807, 2.05) is 0 Å². The molecule has 1 aliphatic heterocycles. The van der Waals surface area contributed by atoms with Gasteiger partial charge in [-0.05, 0) is 18.9 Å². The summed E-state index contributed by atoms with van der Waals surface area (Å²) in [5.74, 6) is 0.529. The lowest BCUT2D eigenvalue weighted by Gasteiger charge is -1.99. The molecule has 0 aliphatic carbocycles. The highest BCUT2D eigenvalue weighted by molar-refractivity contribution is 5.13. The third-order valence-corrected chi connectivity index (χ3v) is 2.38. The Morgan fingerprint density at radius 3 is 3.25 bits per heavy atom. The summed E-state index contributed by atoms with van der Waals surface area (Å²) in [5, 5.41) is 7.29. The van der Waals surface area contributed by atoms with Gasteiger partial charge in [0, 0.05) is 18.2 Å². The number of hydrogen-bond donors (Lipinski definition) is 1. The standard InChI is InChI=1S/C9H14N2O/c1-2-8-5-9(11-10-8)7-3-4-12-6-7/h5,7H,2-4,6H2,1H3,(H,10,11). The van der Waals surface area contributed by atoms with Gasteiger partial charge in [-0.2, -0.15) is 5.10 Å². The van der Waals surface area contributed by atoms with Crippen LogP contribution in [0.4, 0.5) is 0 Å². The van der Waals surface area contributed by atoms with Crippen molar-refractivity contribution in [3.05, 3.63) is 17.5 Å². The summed E-state index contributed by atoms with van der Waals surface area (Å²) in [6.07, 6.45) is 2.15. The van der Waals surface area contributed by atoms with Gasteiger partial charge in [0.2, 0.25) is 0 Å². The molecular formula is C9H14N2O. The van der Waals surface area contributed by atoms with Gasteiger partial charge >= 0.3 is 0 Å². The van der Waals surface area contributed by atoms with Crippen molar-refractivity contribution in [3.63, 3.8) is 0 Å². The average molecular weight is 166 g/mol. The van der Waals surface area contributed by atoms with Crippen molar-refractivity contribution in [2.24, 2.45) is 0 Å². The van der Waals surface area contributed by atoms with Crippen LogP contribution in [-0.4, -0.2) is 23.4 Å². The largest absolute Gasteiger partial charge is 0.381 e. The van der Waals surface area contributed by atoms with E-state index < -0.39 is 0 Å². The summed E-state index contributed by atoms with van der Waals surface area (Å²) in [7, 11) is 0. The van der Waals surface area contributed by atoms with Crippen LogP contribution >= 0.6 is 0 Å². The zero-order chi connectivity index (χ0) is 8.39. The van der Waals surface area contributed by atoms with E-state index in [0.717, 1.165) is 26.1 Å². The van der Waals surface area contributed by atoms with E-state index in [1.165, 1.54) is 11.4 Å². The molecule has 2 heterocycles. The van der Waals surface area contributed by atoms with Crippen LogP contribution in [-0.2, 0) is 11.2 Å². The molecule has 0 bridgehead atoms. The number of ether oxygens (including phenoxy) is 1. The first-order chi connectivity index (χ1) is 5.90. The second-order valence-corrected chi connectivity index (χ2v) is 3.23. The maximum atomic E-state index is 5.30. The normalized spacial score (nSPS) is 23.2. The van der Waals surface area contributed by atoms with Crippen molar-refractivity contribution >= 4 is 0 Å². The Balaban J connectivity index is 2.11. The van der Waals surface area contributed by atoms with Crippen LogP contribution < -0.4 is 0 Å². The smallest absolute Gasteiger partial charge is 0.0679 e. The first-order valence-corrected chi connectivity index (χ1v) is 4.52. The van der Waals surface area contributed by atoms with Crippen molar-refractivity contribution in [1.29, 1.82) is 0 Å². The number of aryl methyl sites for hydroxylation is 1. The van der Waals surface area contributed by atoms with Crippen molar-refractivity contribution in [1.82, 2.24) is 10.2 Å². The highest BCUT2D eigenvalue weighted by Gasteiger charge is 2.19. The third-order valence-electron chi connectivity index (χ3n) is 2.38. The first-order valence-electron chi connectivity index (χ1n) is 4.52. The number of nitrogens with zero attached hydrogens (tertiary/aromatic N) is 1. The van der Waals surface area contributed by atoms with Crippen molar-refractivity contribution in [2.75, 3.05) is 13.2 Å². The number of H-pyrrole nitrogens is 1. The first kappa shape index (κ1) is 7.80.